The highest BCUT2D eigenvalue weighted by Gasteiger charge is 2.44. The van der Waals surface area contributed by atoms with Crippen LogP contribution in [-0.2, 0) is 0 Å². The van der Waals surface area contributed by atoms with E-state index < -0.39 is 0 Å². The minimum absolute atomic E-state index is 0.220. The number of rotatable bonds is 2. The van der Waals surface area contributed by atoms with Crippen LogP contribution in [0.3, 0.4) is 0 Å². The van der Waals surface area contributed by atoms with Gasteiger partial charge in [-0.2, -0.15) is 0 Å². The van der Waals surface area contributed by atoms with E-state index in [0.717, 1.165) is 6.04 Å². The van der Waals surface area contributed by atoms with E-state index in [2.05, 4.69) is 20.4 Å². The molecule has 1 aliphatic carbocycles. The maximum atomic E-state index is 12.4. The standard InChI is InChI=1S/C17H30N4O.C2H6/c22-17-19-15-3-1-2-4-16(15)21(17)14-7-11-20(12-8-14)13-5-9-18-10-6-13;1-2/h13-16,18H,1-12H2,(H,19,22);1-2H3. The summed E-state index contributed by atoms with van der Waals surface area (Å²) >= 11 is 0. The molecule has 2 unspecified atom stereocenters. The zero-order valence-electron chi connectivity index (χ0n) is 15.6. The number of nitrogens with one attached hydrogen (secondary N) is 2. The Morgan fingerprint density at radius 3 is 2.25 bits per heavy atom. The monoisotopic (exact) mass is 336 g/mol. The van der Waals surface area contributed by atoms with Gasteiger partial charge in [0.05, 0.1) is 12.1 Å². The molecule has 1 saturated carbocycles. The normalized spacial score (nSPS) is 32.8. The Hall–Kier alpha value is -0.810. The van der Waals surface area contributed by atoms with Crippen molar-refractivity contribution in [3.05, 3.63) is 0 Å². The first-order valence-corrected chi connectivity index (χ1v) is 10.4. The summed E-state index contributed by atoms with van der Waals surface area (Å²) in [7, 11) is 0. The van der Waals surface area contributed by atoms with Crippen LogP contribution >= 0.6 is 0 Å². The number of carbonyl (C=O) groups is 1. The van der Waals surface area contributed by atoms with Gasteiger partial charge in [-0.1, -0.05) is 26.7 Å². The van der Waals surface area contributed by atoms with Crippen LogP contribution in [0, 0.1) is 0 Å². The van der Waals surface area contributed by atoms with Crippen LogP contribution in [0.1, 0.15) is 65.2 Å². The lowest BCUT2D eigenvalue weighted by molar-refractivity contribution is 0.0725. The SMILES string of the molecule is CC.O=C1NC2CCCCC2N1C1CCN(C2CCNCC2)CC1. The van der Waals surface area contributed by atoms with Crippen LogP contribution in [0.5, 0.6) is 0 Å². The van der Waals surface area contributed by atoms with Crippen molar-refractivity contribution in [3.63, 3.8) is 0 Å². The molecule has 2 N–H and O–H groups in total. The Labute approximate surface area is 147 Å². The molecule has 4 rings (SSSR count). The second-order valence-electron chi connectivity index (χ2n) is 7.56. The summed E-state index contributed by atoms with van der Waals surface area (Å²) in [5.41, 5.74) is 0. The lowest BCUT2D eigenvalue weighted by Crippen LogP contribution is -2.53. The molecule has 0 aromatic rings. The summed E-state index contributed by atoms with van der Waals surface area (Å²) in [5.74, 6) is 0. The first-order valence-electron chi connectivity index (χ1n) is 10.4. The summed E-state index contributed by atoms with van der Waals surface area (Å²) in [6.07, 6.45) is 9.88. The van der Waals surface area contributed by atoms with Crippen LogP contribution < -0.4 is 10.6 Å². The summed E-state index contributed by atoms with van der Waals surface area (Å²) < 4.78 is 0. The fraction of sp³-hybridized carbons (Fsp3) is 0.947. The fourth-order valence-electron chi connectivity index (χ4n) is 5.13. The van der Waals surface area contributed by atoms with Gasteiger partial charge in [0.1, 0.15) is 0 Å². The average molecular weight is 337 g/mol. The van der Waals surface area contributed by atoms with Crippen LogP contribution in [0.15, 0.2) is 0 Å². The van der Waals surface area contributed by atoms with Crippen molar-refractivity contribution in [1.82, 2.24) is 20.4 Å². The predicted molar refractivity (Wildman–Crippen MR) is 98.2 cm³/mol. The summed E-state index contributed by atoms with van der Waals surface area (Å²) in [4.78, 5) is 17.3. The Bertz CT molecular complexity index is 402. The molecule has 0 spiro atoms. The number of likely N-dealkylation sites (tertiary alicyclic amines) is 1. The van der Waals surface area contributed by atoms with E-state index in [4.69, 9.17) is 0 Å². The molecule has 24 heavy (non-hydrogen) atoms. The highest BCUT2D eigenvalue weighted by atomic mass is 16.2. The van der Waals surface area contributed by atoms with Crippen molar-refractivity contribution < 1.29 is 4.79 Å². The molecule has 4 fully saturated rings. The van der Waals surface area contributed by atoms with Gasteiger partial charge in [-0.25, -0.2) is 4.79 Å². The van der Waals surface area contributed by atoms with Gasteiger partial charge in [0.15, 0.2) is 0 Å². The summed E-state index contributed by atoms with van der Waals surface area (Å²) in [6.45, 7) is 8.69. The van der Waals surface area contributed by atoms with E-state index in [1.807, 2.05) is 13.8 Å². The Morgan fingerprint density at radius 1 is 0.875 bits per heavy atom. The number of carbonyl (C=O) groups excluding carboxylic acids is 1. The third-order valence-corrected chi connectivity index (χ3v) is 6.35. The maximum Gasteiger partial charge on any atom is 0.318 e. The molecule has 3 heterocycles. The molecule has 4 aliphatic rings. The van der Waals surface area contributed by atoms with E-state index in [-0.39, 0.29) is 6.03 Å². The Kier molecular flexibility index (Phi) is 6.39. The van der Waals surface area contributed by atoms with Crippen molar-refractivity contribution in [1.29, 1.82) is 0 Å². The summed E-state index contributed by atoms with van der Waals surface area (Å²) in [5, 5.41) is 6.70. The van der Waals surface area contributed by atoms with Gasteiger partial charge in [0.2, 0.25) is 0 Å². The van der Waals surface area contributed by atoms with Crippen LogP contribution in [0.25, 0.3) is 0 Å². The maximum absolute atomic E-state index is 12.4. The topological polar surface area (TPSA) is 47.6 Å². The molecule has 3 aliphatic heterocycles. The number of nitrogens with zero attached hydrogens (tertiary/aromatic N) is 2. The van der Waals surface area contributed by atoms with Crippen molar-refractivity contribution in [2.75, 3.05) is 26.2 Å². The lowest BCUT2D eigenvalue weighted by atomic mass is 9.89. The minimum Gasteiger partial charge on any atom is -0.333 e. The molecule has 0 radical (unpaired) electrons. The lowest BCUT2D eigenvalue weighted by Gasteiger charge is -2.43. The highest BCUT2D eigenvalue weighted by molar-refractivity contribution is 5.78. The third-order valence-electron chi connectivity index (χ3n) is 6.35. The number of hydrogen-bond donors (Lipinski definition) is 2. The fourth-order valence-corrected chi connectivity index (χ4v) is 5.13. The first-order chi connectivity index (χ1) is 11.8. The number of fused-ring (bicyclic) bond motifs is 1. The van der Waals surface area contributed by atoms with E-state index in [1.165, 1.54) is 77.5 Å². The van der Waals surface area contributed by atoms with Crippen molar-refractivity contribution in [2.24, 2.45) is 0 Å². The van der Waals surface area contributed by atoms with E-state index in [9.17, 15) is 4.79 Å². The minimum atomic E-state index is 0.220. The van der Waals surface area contributed by atoms with Gasteiger partial charge in [0.25, 0.3) is 0 Å². The quantitative estimate of drug-likeness (QED) is 0.815. The number of hydrogen-bond acceptors (Lipinski definition) is 3. The van der Waals surface area contributed by atoms with Gasteiger partial charge in [-0.3, -0.25) is 0 Å². The largest absolute Gasteiger partial charge is 0.333 e. The van der Waals surface area contributed by atoms with Gasteiger partial charge >= 0.3 is 6.03 Å². The van der Waals surface area contributed by atoms with Crippen molar-refractivity contribution in [3.8, 4) is 0 Å². The van der Waals surface area contributed by atoms with Gasteiger partial charge in [0, 0.05) is 25.2 Å². The smallest absolute Gasteiger partial charge is 0.318 e. The third kappa shape index (κ3) is 3.72. The van der Waals surface area contributed by atoms with Crippen LogP contribution in [0.4, 0.5) is 4.79 Å². The van der Waals surface area contributed by atoms with E-state index in [1.54, 1.807) is 0 Å². The second kappa shape index (κ2) is 8.52. The molecule has 2 atom stereocenters. The summed E-state index contributed by atoms with van der Waals surface area (Å²) in [6, 6.07) is 2.39. The highest BCUT2D eigenvalue weighted by Crippen LogP contribution is 2.32. The number of piperidine rings is 2. The molecule has 138 valence electrons. The molecule has 5 heteroatoms. The van der Waals surface area contributed by atoms with Crippen molar-refractivity contribution >= 4 is 6.03 Å². The predicted octanol–water partition coefficient (Wildman–Crippen LogP) is 2.57. The first kappa shape index (κ1) is 18.0. The molecule has 0 aromatic carbocycles. The number of urea groups is 1. The van der Waals surface area contributed by atoms with Gasteiger partial charge in [-0.15, -0.1) is 0 Å². The molecule has 0 aromatic heterocycles. The average Bonchev–Trinajstić information content (AvgIpc) is 3.00. The Morgan fingerprint density at radius 2 is 1.54 bits per heavy atom. The molecule has 2 amide bonds. The van der Waals surface area contributed by atoms with Gasteiger partial charge in [-0.05, 0) is 51.6 Å². The molecular weight excluding hydrogens is 300 g/mol. The zero-order valence-corrected chi connectivity index (χ0v) is 15.6. The second-order valence-corrected chi connectivity index (χ2v) is 7.56. The van der Waals surface area contributed by atoms with Crippen LogP contribution in [-0.4, -0.2) is 66.2 Å². The molecule has 0 bridgehead atoms. The van der Waals surface area contributed by atoms with E-state index in [0.29, 0.717) is 18.1 Å². The van der Waals surface area contributed by atoms with Crippen LogP contribution in [0.2, 0.25) is 0 Å². The molecule has 5 nitrogen and oxygen atoms in total. The number of amides is 2. The Balaban J connectivity index is 0.000000815. The van der Waals surface area contributed by atoms with Crippen molar-refractivity contribution in [2.45, 2.75) is 89.4 Å². The van der Waals surface area contributed by atoms with Gasteiger partial charge < -0.3 is 20.4 Å². The zero-order chi connectivity index (χ0) is 16.9. The molecule has 3 saturated heterocycles. The van der Waals surface area contributed by atoms with E-state index >= 15 is 0 Å². The molecular formula is C19H36N4O.